The highest BCUT2D eigenvalue weighted by Crippen LogP contribution is 2.29. The average Bonchev–Trinajstić information content (AvgIpc) is 2.55. The van der Waals surface area contributed by atoms with Gasteiger partial charge in [-0.05, 0) is 49.1 Å². The van der Waals surface area contributed by atoms with E-state index in [1.807, 2.05) is 25.1 Å². The van der Waals surface area contributed by atoms with E-state index in [0.29, 0.717) is 18.3 Å². The topological polar surface area (TPSA) is 69.9 Å². The summed E-state index contributed by atoms with van der Waals surface area (Å²) in [6, 6.07) is 5.30. The molecule has 128 valence electrons. The average molecular weight is 393 g/mol. The van der Waals surface area contributed by atoms with Crippen LogP contribution in [0.4, 0.5) is 0 Å². The summed E-state index contributed by atoms with van der Waals surface area (Å²) >= 11 is 3.40. The van der Waals surface area contributed by atoms with Crippen LogP contribution in [0, 0.1) is 0 Å². The highest BCUT2D eigenvalue weighted by atomic mass is 79.9. The molecule has 0 spiro atoms. The Kier molecular flexibility index (Phi) is 6.86. The van der Waals surface area contributed by atoms with Crippen molar-refractivity contribution < 1.29 is 19.9 Å². The van der Waals surface area contributed by atoms with Crippen molar-refractivity contribution in [1.82, 2.24) is 0 Å². The van der Waals surface area contributed by atoms with E-state index in [-0.39, 0.29) is 18.5 Å². The number of allylic oxidation sites excluding steroid dienone is 2. The number of aliphatic hydroxyl groups excluding tert-OH is 1. The Morgan fingerprint density at radius 1 is 1.50 bits per heavy atom. The molecule has 0 saturated carbocycles. The Balaban J connectivity index is 2.06. The van der Waals surface area contributed by atoms with Crippen LogP contribution in [-0.4, -0.2) is 35.1 Å². The predicted octanol–water partition coefficient (Wildman–Crippen LogP) is 3.69. The van der Waals surface area contributed by atoms with Crippen LogP contribution in [0.5, 0.6) is 5.75 Å². The Labute approximate surface area is 151 Å². The molecule has 1 aromatic carbocycles. The van der Waals surface area contributed by atoms with Gasteiger partial charge in [-0.25, -0.2) is 0 Å². The zero-order chi connectivity index (χ0) is 17.7. The van der Waals surface area contributed by atoms with Crippen LogP contribution >= 0.6 is 15.9 Å². The monoisotopic (exact) mass is 392 g/mol. The fraction of sp³-hybridized carbons (Fsp3) is 0.333. The number of aromatic hydroxyl groups is 1. The van der Waals surface area contributed by atoms with Crippen LogP contribution in [0.1, 0.15) is 25.3 Å². The predicted molar refractivity (Wildman–Crippen MR) is 101 cm³/mol. The molecule has 1 atom stereocenters. The lowest BCUT2D eigenvalue weighted by Gasteiger charge is -2.27. The van der Waals surface area contributed by atoms with Crippen LogP contribution in [0.25, 0.3) is 6.08 Å². The lowest BCUT2D eigenvalue weighted by molar-refractivity contribution is 0.180. The lowest BCUT2D eigenvalue weighted by atomic mass is 9.78. The second-order valence-electron chi connectivity index (χ2n) is 5.97. The van der Waals surface area contributed by atoms with E-state index in [4.69, 9.17) is 4.65 Å². The first-order chi connectivity index (χ1) is 11.4. The molecule has 24 heavy (non-hydrogen) atoms. The molecule has 3 N–H and O–H groups in total. The van der Waals surface area contributed by atoms with Crippen molar-refractivity contribution in [3.8, 4) is 5.75 Å². The molecular weight excluding hydrogens is 371 g/mol. The molecule has 0 aliphatic carbocycles. The highest BCUT2D eigenvalue weighted by Gasteiger charge is 2.27. The number of hydrogen-bond donors (Lipinski definition) is 3. The van der Waals surface area contributed by atoms with Crippen LogP contribution in [0.3, 0.4) is 0 Å². The van der Waals surface area contributed by atoms with Crippen LogP contribution in [0.15, 0.2) is 52.0 Å². The third kappa shape index (κ3) is 5.08. The van der Waals surface area contributed by atoms with E-state index in [0.717, 1.165) is 27.6 Å². The summed E-state index contributed by atoms with van der Waals surface area (Å²) in [5.74, 6) is 0.233. The molecule has 1 aliphatic rings. The maximum Gasteiger partial charge on any atom is 0.458 e. The van der Waals surface area contributed by atoms with E-state index in [2.05, 4.69) is 22.5 Å². The molecule has 1 unspecified atom stereocenters. The molecule has 0 saturated heterocycles. The van der Waals surface area contributed by atoms with E-state index >= 15 is 0 Å². The summed E-state index contributed by atoms with van der Waals surface area (Å²) in [5.41, 5.74) is 3.32. The molecule has 4 nitrogen and oxygen atoms in total. The van der Waals surface area contributed by atoms with Crippen molar-refractivity contribution in [2.24, 2.45) is 0 Å². The summed E-state index contributed by atoms with van der Waals surface area (Å²) in [5, 5.41) is 28.9. The van der Waals surface area contributed by atoms with Gasteiger partial charge in [-0.2, -0.15) is 0 Å². The second-order valence-corrected chi connectivity index (χ2v) is 6.88. The maximum absolute atomic E-state index is 9.91. The van der Waals surface area contributed by atoms with Gasteiger partial charge in [0.2, 0.25) is 0 Å². The Morgan fingerprint density at radius 3 is 2.96 bits per heavy atom. The molecule has 6 heteroatoms. The molecule has 2 rings (SSSR count). The molecule has 1 aliphatic heterocycles. The zero-order valence-corrected chi connectivity index (χ0v) is 15.3. The summed E-state index contributed by atoms with van der Waals surface area (Å²) in [6.07, 6.45) is 5.34. The summed E-state index contributed by atoms with van der Waals surface area (Å²) in [6.45, 7) is 5.72. The fourth-order valence-corrected chi connectivity index (χ4v) is 3.08. The third-order valence-corrected chi connectivity index (χ3v) is 4.49. The normalized spacial score (nSPS) is 18.5. The van der Waals surface area contributed by atoms with Gasteiger partial charge in [0.05, 0.1) is 12.7 Å². The maximum atomic E-state index is 9.91. The number of phenols is 1. The van der Waals surface area contributed by atoms with E-state index in [1.165, 1.54) is 0 Å². The van der Waals surface area contributed by atoms with Gasteiger partial charge in [-0.3, -0.25) is 0 Å². The van der Waals surface area contributed by atoms with Gasteiger partial charge in [0.1, 0.15) is 5.75 Å². The molecule has 0 amide bonds. The third-order valence-electron chi connectivity index (χ3n) is 4.00. The fourth-order valence-electron chi connectivity index (χ4n) is 2.70. The van der Waals surface area contributed by atoms with Gasteiger partial charge in [0.25, 0.3) is 0 Å². The Morgan fingerprint density at radius 2 is 2.25 bits per heavy atom. The lowest BCUT2D eigenvalue weighted by Crippen LogP contribution is -2.32. The standard InChI is InChI=1S/C18H22BBrO4/c1-12(9-14-10-15(20)4-5-17(14)22)3-6-18-16(13(2)11-21)7-8-19(23)24-18/h4-5,7,9-10,18,21-23H,2-3,6,8,11H2,1H3/b12-9+. The molecule has 0 aromatic heterocycles. The number of halogens is 1. The highest BCUT2D eigenvalue weighted by molar-refractivity contribution is 9.10. The van der Waals surface area contributed by atoms with Crippen molar-refractivity contribution in [2.45, 2.75) is 32.2 Å². The first-order valence-corrected chi connectivity index (χ1v) is 8.68. The Hall–Kier alpha value is -1.34. The van der Waals surface area contributed by atoms with Crippen LogP contribution < -0.4 is 0 Å². The van der Waals surface area contributed by atoms with Gasteiger partial charge < -0.3 is 19.9 Å². The van der Waals surface area contributed by atoms with Crippen molar-refractivity contribution in [3.05, 3.63) is 57.6 Å². The van der Waals surface area contributed by atoms with Crippen molar-refractivity contribution >= 4 is 29.1 Å². The van der Waals surface area contributed by atoms with Crippen LogP contribution in [0.2, 0.25) is 6.32 Å². The molecule has 0 radical (unpaired) electrons. The molecule has 1 aromatic rings. The first-order valence-electron chi connectivity index (χ1n) is 7.89. The van der Waals surface area contributed by atoms with Crippen molar-refractivity contribution in [1.29, 1.82) is 0 Å². The van der Waals surface area contributed by atoms with Gasteiger partial charge in [0.15, 0.2) is 0 Å². The quantitative estimate of drug-likeness (QED) is 0.645. The number of hydrogen-bond acceptors (Lipinski definition) is 4. The molecular formula is C18H22BBrO4. The van der Waals surface area contributed by atoms with Crippen LogP contribution in [-0.2, 0) is 4.65 Å². The van der Waals surface area contributed by atoms with Gasteiger partial charge >= 0.3 is 7.12 Å². The number of aliphatic hydroxyl groups is 1. The zero-order valence-electron chi connectivity index (χ0n) is 13.7. The minimum Gasteiger partial charge on any atom is -0.507 e. The summed E-state index contributed by atoms with van der Waals surface area (Å²) < 4.78 is 6.50. The van der Waals surface area contributed by atoms with E-state index < -0.39 is 7.12 Å². The van der Waals surface area contributed by atoms with E-state index in [1.54, 1.807) is 12.1 Å². The minimum atomic E-state index is -0.816. The van der Waals surface area contributed by atoms with Gasteiger partial charge in [-0.1, -0.05) is 40.2 Å². The Bertz CT molecular complexity index is 669. The van der Waals surface area contributed by atoms with Crippen molar-refractivity contribution in [2.75, 3.05) is 6.61 Å². The van der Waals surface area contributed by atoms with Crippen molar-refractivity contribution in [3.63, 3.8) is 0 Å². The summed E-state index contributed by atoms with van der Waals surface area (Å²) in [7, 11) is -0.816. The molecule has 0 bridgehead atoms. The minimum absolute atomic E-state index is 0.122. The SMILES string of the molecule is C=C(CO)C1=CCB(O)OC1CC/C(C)=C/c1cc(Br)ccc1O. The number of benzene rings is 1. The van der Waals surface area contributed by atoms with Gasteiger partial charge in [0, 0.05) is 16.4 Å². The molecule has 0 fully saturated rings. The van der Waals surface area contributed by atoms with Gasteiger partial charge in [-0.15, -0.1) is 0 Å². The number of rotatable bonds is 6. The number of phenolic OH excluding ortho intramolecular Hbond substituents is 1. The second kappa shape index (κ2) is 8.67. The molecule has 1 heterocycles. The summed E-state index contributed by atoms with van der Waals surface area (Å²) in [4.78, 5) is 0. The largest absolute Gasteiger partial charge is 0.507 e. The smallest absolute Gasteiger partial charge is 0.458 e. The van der Waals surface area contributed by atoms with E-state index in [9.17, 15) is 15.2 Å². The first kappa shape index (κ1) is 19.0.